The second kappa shape index (κ2) is 7.46. The zero-order valence-electron chi connectivity index (χ0n) is 13.8. The van der Waals surface area contributed by atoms with E-state index in [9.17, 15) is 0 Å². The van der Waals surface area contributed by atoms with E-state index in [1.54, 1.807) is 6.20 Å². The van der Waals surface area contributed by atoms with Gasteiger partial charge in [0.25, 0.3) is 0 Å². The van der Waals surface area contributed by atoms with Crippen LogP contribution in [0.25, 0.3) is 11.1 Å². The fraction of sp³-hybridized carbons (Fsp3) is 0.412. The van der Waals surface area contributed by atoms with Gasteiger partial charge < -0.3 is 25.8 Å². The second-order valence-corrected chi connectivity index (χ2v) is 5.75. The molecule has 4 N–H and O–H groups in total. The summed E-state index contributed by atoms with van der Waals surface area (Å²) >= 11 is 0. The monoisotopic (exact) mass is 329 g/mol. The molecule has 7 nitrogen and oxygen atoms in total. The number of aliphatic hydroxyl groups excluding tert-OH is 1. The van der Waals surface area contributed by atoms with Crippen molar-refractivity contribution in [3.05, 3.63) is 30.1 Å². The third-order valence-electron chi connectivity index (χ3n) is 3.98. The summed E-state index contributed by atoms with van der Waals surface area (Å²) in [5.41, 5.74) is 9.44. The molecular weight excluding hydrogens is 306 g/mol. The molecule has 128 valence electrons. The minimum absolute atomic E-state index is 0.0532. The molecule has 0 amide bonds. The number of hydrogen-bond acceptors (Lipinski definition) is 7. The van der Waals surface area contributed by atoms with Crippen LogP contribution in [0.1, 0.15) is 5.69 Å². The van der Waals surface area contributed by atoms with Gasteiger partial charge in [0.1, 0.15) is 11.6 Å². The first-order valence-corrected chi connectivity index (χ1v) is 8.09. The van der Waals surface area contributed by atoms with Gasteiger partial charge in [0.15, 0.2) is 0 Å². The van der Waals surface area contributed by atoms with E-state index in [2.05, 4.69) is 26.3 Å². The van der Waals surface area contributed by atoms with Crippen LogP contribution in [0.4, 0.5) is 17.3 Å². The molecule has 3 rings (SSSR count). The molecule has 1 aliphatic heterocycles. The summed E-state index contributed by atoms with van der Waals surface area (Å²) in [5, 5.41) is 12.2. The number of aromatic nitrogens is 2. The number of nitrogens with two attached hydrogens (primary N) is 1. The molecule has 0 unspecified atom stereocenters. The normalized spacial score (nSPS) is 14.7. The molecule has 0 aliphatic carbocycles. The molecule has 0 atom stereocenters. The predicted molar refractivity (Wildman–Crippen MR) is 95.2 cm³/mol. The molecule has 7 heteroatoms. The standard InChI is InChI=1S/C17H23N5O2/c1-12-15(10-14(18)11-20-12)13-8-16(19-2-5-23)21-17(9-13)22-3-6-24-7-4-22/h8-11,23H,2-7,18H2,1H3,(H,19,21). The van der Waals surface area contributed by atoms with Gasteiger partial charge in [0, 0.05) is 30.9 Å². The molecular formula is C17H23N5O2. The Labute approximate surface area is 141 Å². The minimum atomic E-state index is 0.0532. The van der Waals surface area contributed by atoms with Gasteiger partial charge in [-0.3, -0.25) is 4.98 Å². The summed E-state index contributed by atoms with van der Waals surface area (Å²) in [6.45, 7) is 5.48. The molecule has 1 saturated heterocycles. The fourth-order valence-electron chi connectivity index (χ4n) is 2.74. The number of nitrogen functional groups attached to an aromatic ring is 1. The quantitative estimate of drug-likeness (QED) is 0.760. The first kappa shape index (κ1) is 16.5. The van der Waals surface area contributed by atoms with Crippen molar-refractivity contribution in [3.63, 3.8) is 0 Å². The van der Waals surface area contributed by atoms with Crippen LogP contribution >= 0.6 is 0 Å². The maximum atomic E-state index is 9.07. The van der Waals surface area contributed by atoms with E-state index >= 15 is 0 Å². The molecule has 0 saturated carbocycles. The summed E-state index contributed by atoms with van der Waals surface area (Å²) in [4.78, 5) is 11.2. The zero-order chi connectivity index (χ0) is 16.9. The number of hydrogen-bond donors (Lipinski definition) is 3. The lowest BCUT2D eigenvalue weighted by Crippen LogP contribution is -2.36. The van der Waals surface area contributed by atoms with E-state index in [0.717, 1.165) is 41.5 Å². The Balaban J connectivity index is 2.01. The van der Waals surface area contributed by atoms with Crippen LogP contribution in [-0.2, 0) is 4.74 Å². The van der Waals surface area contributed by atoms with Crippen molar-refractivity contribution in [2.24, 2.45) is 0 Å². The maximum absolute atomic E-state index is 9.07. The Bertz CT molecular complexity index is 701. The Morgan fingerprint density at radius 1 is 1.29 bits per heavy atom. The minimum Gasteiger partial charge on any atom is -0.397 e. The lowest BCUT2D eigenvalue weighted by Gasteiger charge is -2.28. The average molecular weight is 329 g/mol. The summed E-state index contributed by atoms with van der Waals surface area (Å²) in [7, 11) is 0. The van der Waals surface area contributed by atoms with Crippen molar-refractivity contribution in [1.29, 1.82) is 0 Å². The summed E-state index contributed by atoms with van der Waals surface area (Å²) < 4.78 is 5.42. The van der Waals surface area contributed by atoms with Gasteiger partial charge in [-0.15, -0.1) is 0 Å². The highest BCUT2D eigenvalue weighted by molar-refractivity contribution is 5.74. The second-order valence-electron chi connectivity index (χ2n) is 5.75. The Hall–Kier alpha value is -2.38. The summed E-state index contributed by atoms with van der Waals surface area (Å²) in [6, 6.07) is 5.94. The van der Waals surface area contributed by atoms with Gasteiger partial charge >= 0.3 is 0 Å². The van der Waals surface area contributed by atoms with E-state index in [1.165, 1.54) is 0 Å². The topological polar surface area (TPSA) is 96.5 Å². The van der Waals surface area contributed by atoms with Crippen LogP contribution in [-0.4, -0.2) is 54.5 Å². The molecule has 1 aliphatic rings. The summed E-state index contributed by atoms with van der Waals surface area (Å²) in [6.07, 6.45) is 1.66. The third-order valence-corrected chi connectivity index (χ3v) is 3.98. The number of rotatable bonds is 5. The molecule has 1 fully saturated rings. The van der Waals surface area contributed by atoms with Crippen LogP contribution in [0.2, 0.25) is 0 Å². The van der Waals surface area contributed by atoms with Crippen LogP contribution in [0, 0.1) is 6.92 Å². The largest absolute Gasteiger partial charge is 0.397 e. The number of nitrogens with one attached hydrogen (secondary N) is 1. The molecule has 24 heavy (non-hydrogen) atoms. The van der Waals surface area contributed by atoms with E-state index in [-0.39, 0.29) is 6.61 Å². The van der Waals surface area contributed by atoms with Gasteiger partial charge in [0.2, 0.25) is 0 Å². The smallest absolute Gasteiger partial charge is 0.131 e. The molecule has 0 bridgehead atoms. The molecule has 0 spiro atoms. The number of pyridine rings is 2. The van der Waals surface area contributed by atoms with Crippen molar-refractivity contribution in [2.45, 2.75) is 6.92 Å². The van der Waals surface area contributed by atoms with E-state index in [0.29, 0.717) is 25.4 Å². The number of aryl methyl sites for hydroxylation is 1. The van der Waals surface area contributed by atoms with Crippen molar-refractivity contribution in [2.75, 3.05) is 55.4 Å². The Morgan fingerprint density at radius 2 is 2.08 bits per heavy atom. The van der Waals surface area contributed by atoms with Crippen LogP contribution in [0.5, 0.6) is 0 Å². The van der Waals surface area contributed by atoms with E-state index in [4.69, 9.17) is 15.6 Å². The highest BCUT2D eigenvalue weighted by Crippen LogP contribution is 2.29. The van der Waals surface area contributed by atoms with Gasteiger partial charge in [-0.25, -0.2) is 4.98 Å². The van der Waals surface area contributed by atoms with Crippen LogP contribution in [0.15, 0.2) is 24.4 Å². The Kier molecular flexibility index (Phi) is 5.12. The highest BCUT2D eigenvalue weighted by Gasteiger charge is 2.15. The van der Waals surface area contributed by atoms with Crippen molar-refractivity contribution in [3.8, 4) is 11.1 Å². The zero-order valence-corrected chi connectivity index (χ0v) is 13.8. The Morgan fingerprint density at radius 3 is 2.83 bits per heavy atom. The van der Waals surface area contributed by atoms with Gasteiger partial charge in [-0.1, -0.05) is 0 Å². The highest BCUT2D eigenvalue weighted by atomic mass is 16.5. The molecule has 2 aromatic rings. The van der Waals surface area contributed by atoms with Crippen LogP contribution in [0.3, 0.4) is 0 Å². The lowest BCUT2D eigenvalue weighted by molar-refractivity contribution is 0.122. The van der Waals surface area contributed by atoms with Crippen molar-refractivity contribution >= 4 is 17.3 Å². The number of nitrogens with zero attached hydrogens (tertiary/aromatic N) is 3. The first-order chi connectivity index (χ1) is 11.7. The molecule has 3 heterocycles. The number of anilines is 3. The number of aliphatic hydroxyl groups is 1. The van der Waals surface area contributed by atoms with Crippen molar-refractivity contribution < 1.29 is 9.84 Å². The van der Waals surface area contributed by atoms with Gasteiger partial charge in [-0.2, -0.15) is 0 Å². The average Bonchev–Trinajstić information content (AvgIpc) is 2.62. The number of morpholine rings is 1. The van der Waals surface area contributed by atoms with E-state index < -0.39 is 0 Å². The number of ether oxygens (including phenoxy) is 1. The van der Waals surface area contributed by atoms with Crippen molar-refractivity contribution in [1.82, 2.24) is 9.97 Å². The fourth-order valence-corrected chi connectivity index (χ4v) is 2.74. The van der Waals surface area contributed by atoms with Gasteiger partial charge in [-0.05, 0) is 30.7 Å². The SMILES string of the molecule is Cc1ncc(N)cc1-c1cc(NCCO)nc(N2CCOCC2)c1. The van der Waals surface area contributed by atoms with Gasteiger partial charge in [0.05, 0.1) is 31.7 Å². The molecule has 2 aromatic heterocycles. The van der Waals surface area contributed by atoms with E-state index in [1.807, 2.05) is 19.1 Å². The third kappa shape index (κ3) is 3.74. The molecule has 0 radical (unpaired) electrons. The predicted octanol–water partition coefficient (Wildman–Crippen LogP) is 1.28. The first-order valence-electron chi connectivity index (χ1n) is 8.09. The van der Waals surface area contributed by atoms with Crippen LogP contribution < -0.4 is 16.0 Å². The lowest BCUT2D eigenvalue weighted by atomic mass is 10.0. The summed E-state index contributed by atoms with van der Waals surface area (Å²) in [5.74, 6) is 1.61. The maximum Gasteiger partial charge on any atom is 0.131 e. The molecule has 0 aromatic carbocycles.